The number of rotatable bonds is 5. The highest BCUT2D eigenvalue weighted by Crippen LogP contribution is 2.27. The Morgan fingerprint density at radius 1 is 1.30 bits per heavy atom. The summed E-state index contributed by atoms with van der Waals surface area (Å²) in [4.78, 5) is 12.0. The van der Waals surface area contributed by atoms with Crippen LogP contribution in [-0.2, 0) is 16.0 Å². The molecule has 1 aromatic heterocycles. The van der Waals surface area contributed by atoms with Gasteiger partial charge in [-0.25, -0.2) is 0 Å². The zero-order valence-electron chi connectivity index (χ0n) is 12.1. The second-order valence-corrected chi connectivity index (χ2v) is 6.23. The van der Waals surface area contributed by atoms with E-state index in [4.69, 9.17) is 4.74 Å². The fourth-order valence-corrected chi connectivity index (χ4v) is 3.36. The van der Waals surface area contributed by atoms with Crippen LogP contribution in [0, 0.1) is 5.92 Å². The summed E-state index contributed by atoms with van der Waals surface area (Å²) in [5.74, 6) is 0.734. The Labute approximate surface area is 120 Å². The lowest BCUT2D eigenvalue weighted by atomic mass is 9.96. The van der Waals surface area contributed by atoms with E-state index in [-0.39, 0.29) is 0 Å². The van der Waals surface area contributed by atoms with E-state index in [1.165, 1.54) is 32.1 Å². The van der Waals surface area contributed by atoms with Crippen molar-refractivity contribution in [1.29, 1.82) is 0 Å². The van der Waals surface area contributed by atoms with Crippen LogP contribution >= 0.6 is 0 Å². The van der Waals surface area contributed by atoms with Crippen molar-refractivity contribution in [1.82, 2.24) is 9.78 Å². The van der Waals surface area contributed by atoms with E-state index >= 15 is 0 Å². The number of carbonyl (C=O) groups is 1. The summed E-state index contributed by atoms with van der Waals surface area (Å²) in [6.45, 7) is 1.57. The van der Waals surface area contributed by atoms with Crippen molar-refractivity contribution in [3.63, 3.8) is 0 Å². The van der Waals surface area contributed by atoms with Crippen LogP contribution in [0.25, 0.3) is 0 Å². The maximum Gasteiger partial charge on any atom is 0.139 e. The van der Waals surface area contributed by atoms with Crippen LogP contribution in [-0.4, -0.2) is 28.8 Å². The summed E-state index contributed by atoms with van der Waals surface area (Å²) >= 11 is 0. The van der Waals surface area contributed by atoms with Gasteiger partial charge in [0.1, 0.15) is 5.78 Å². The standard InChI is InChI=1S/C16H24N2O2/c19-16(10-13-7-9-20-12-13)11-14-6-8-18(17-14)15-4-2-1-3-5-15/h6,8,13,15H,1-5,7,9-12H2. The third-order valence-corrected chi connectivity index (χ3v) is 4.53. The third-order valence-electron chi connectivity index (χ3n) is 4.53. The fourth-order valence-electron chi connectivity index (χ4n) is 3.36. The van der Waals surface area contributed by atoms with Crippen molar-refractivity contribution in [2.75, 3.05) is 13.2 Å². The largest absolute Gasteiger partial charge is 0.381 e. The average molecular weight is 276 g/mol. The van der Waals surface area contributed by atoms with Crippen LogP contribution in [0.1, 0.15) is 56.7 Å². The van der Waals surface area contributed by atoms with Gasteiger partial charge in [0.25, 0.3) is 0 Å². The maximum atomic E-state index is 12.0. The molecule has 1 saturated carbocycles. The van der Waals surface area contributed by atoms with Crippen LogP contribution in [0.5, 0.6) is 0 Å². The molecule has 0 aromatic carbocycles. The van der Waals surface area contributed by atoms with Gasteiger partial charge >= 0.3 is 0 Å². The van der Waals surface area contributed by atoms with Crippen molar-refractivity contribution in [2.45, 2.75) is 57.4 Å². The van der Waals surface area contributed by atoms with Crippen LogP contribution < -0.4 is 0 Å². The molecule has 110 valence electrons. The van der Waals surface area contributed by atoms with E-state index in [2.05, 4.69) is 16.0 Å². The monoisotopic (exact) mass is 276 g/mol. The van der Waals surface area contributed by atoms with Gasteiger partial charge < -0.3 is 4.74 Å². The van der Waals surface area contributed by atoms with Gasteiger partial charge in [-0.15, -0.1) is 0 Å². The Morgan fingerprint density at radius 3 is 2.90 bits per heavy atom. The number of nitrogens with zero attached hydrogens (tertiary/aromatic N) is 2. The molecule has 2 heterocycles. The Morgan fingerprint density at radius 2 is 2.15 bits per heavy atom. The summed E-state index contributed by atoms with van der Waals surface area (Å²) in [5.41, 5.74) is 0.930. The molecule has 0 radical (unpaired) electrons. The predicted octanol–water partition coefficient (Wildman–Crippen LogP) is 2.93. The molecule has 1 aliphatic carbocycles. The van der Waals surface area contributed by atoms with E-state index in [0.717, 1.165) is 25.3 Å². The molecule has 3 rings (SSSR count). The van der Waals surface area contributed by atoms with Gasteiger partial charge in [0.2, 0.25) is 0 Å². The molecule has 20 heavy (non-hydrogen) atoms. The first-order valence-corrected chi connectivity index (χ1v) is 7.95. The molecule has 2 fully saturated rings. The van der Waals surface area contributed by atoms with Gasteiger partial charge in [-0.05, 0) is 31.2 Å². The number of aromatic nitrogens is 2. The van der Waals surface area contributed by atoms with Gasteiger partial charge in [0.05, 0.1) is 18.2 Å². The number of carbonyl (C=O) groups excluding carboxylic acids is 1. The second kappa shape index (κ2) is 6.53. The van der Waals surface area contributed by atoms with Crippen LogP contribution in [0.4, 0.5) is 0 Å². The molecule has 1 saturated heterocycles. The first-order valence-electron chi connectivity index (χ1n) is 7.95. The normalized spacial score (nSPS) is 24.1. The Bertz CT molecular complexity index is 443. The molecule has 0 spiro atoms. The SMILES string of the molecule is O=C(Cc1ccn(C2CCCCC2)n1)CC1CCOC1. The van der Waals surface area contributed by atoms with Gasteiger partial charge in [-0.2, -0.15) is 5.10 Å². The zero-order valence-corrected chi connectivity index (χ0v) is 12.1. The van der Waals surface area contributed by atoms with Crippen molar-refractivity contribution in [2.24, 2.45) is 5.92 Å². The lowest BCUT2D eigenvalue weighted by molar-refractivity contribution is -0.119. The number of ether oxygens (including phenoxy) is 1. The number of hydrogen-bond acceptors (Lipinski definition) is 3. The maximum absolute atomic E-state index is 12.0. The van der Waals surface area contributed by atoms with Crippen molar-refractivity contribution < 1.29 is 9.53 Å². The minimum atomic E-state index is 0.300. The fraction of sp³-hybridized carbons (Fsp3) is 0.750. The van der Waals surface area contributed by atoms with Crippen LogP contribution in [0.15, 0.2) is 12.3 Å². The molecule has 1 aromatic rings. The van der Waals surface area contributed by atoms with E-state index in [9.17, 15) is 4.79 Å². The molecule has 0 amide bonds. The van der Waals surface area contributed by atoms with Gasteiger partial charge in [-0.3, -0.25) is 9.48 Å². The molecule has 2 aliphatic rings. The van der Waals surface area contributed by atoms with E-state index in [1.54, 1.807) is 0 Å². The predicted molar refractivity (Wildman–Crippen MR) is 76.6 cm³/mol. The van der Waals surface area contributed by atoms with E-state index < -0.39 is 0 Å². The summed E-state index contributed by atoms with van der Waals surface area (Å²) < 4.78 is 7.40. The summed E-state index contributed by atoms with van der Waals surface area (Å²) in [6, 6.07) is 2.56. The Hall–Kier alpha value is -1.16. The van der Waals surface area contributed by atoms with Crippen molar-refractivity contribution in [3.8, 4) is 0 Å². The minimum Gasteiger partial charge on any atom is -0.381 e. The van der Waals surface area contributed by atoms with Gasteiger partial charge in [-0.1, -0.05) is 19.3 Å². The molecule has 4 heteroatoms. The molecule has 0 N–H and O–H groups in total. The first kappa shape index (κ1) is 13.8. The smallest absolute Gasteiger partial charge is 0.139 e. The van der Waals surface area contributed by atoms with Crippen LogP contribution in [0.3, 0.4) is 0 Å². The molecule has 4 nitrogen and oxygen atoms in total. The molecular weight excluding hydrogens is 252 g/mol. The average Bonchev–Trinajstić information content (AvgIpc) is 3.11. The summed E-state index contributed by atoms with van der Waals surface area (Å²) in [5, 5.41) is 4.61. The third kappa shape index (κ3) is 3.48. The van der Waals surface area contributed by atoms with Crippen LogP contribution in [0.2, 0.25) is 0 Å². The molecular formula is C16H24N2O2. The summed E-state index contributed by atoms with van der Waals surface area (Å²) in [6.07, 6.45) is 10.6. The lowest BCUT2D eigenvalue weighted by Crippen LogP contribution is -2.14. The quantitative estimate of drug-likeness (QED) is 0.830. The van der Waals surface area contributed by atoms with E-state index in [0.29, 0.717) is 30.6 Å². The number of ketones is 1. The second-order valence-electron chi connectivity index (χ2n) is 6.23. The highest BCUT2D eigenvalue weighted by molar-refractivity contribution is 5.80. The van der Waals surface area contributed by atoms with Gasteiger partial charge in [0.15, 0.2) is 0 Å². The molecule has 0 bridgehead atoms. The highest BCUT2D eigenvalue weighted by atomic mass is 16.5. The number of hydrogen-bond donors (Lipinski definition) is 0. The zero-order chi connectivity index (χ0) is 13.8. The Balaban J connectivity index is 1.52. The lowest BCUT2D eigenvalue weighted by Gasteiger charge is -2.21. The van der Waals surface area contributed by atoms with Crippen molar-refractivity contribution >= 4 is 5.78 Å². The number of Topliss-reactive ketones (excluding diaryl/α,β-unsaturated/α-hetero) is 1. The van der Waals surface area contributed by atoms with E-state index in [1.807, 2.05) is 6.07 Å². The van der Waals surface area contributed by atoms with Crippen molar-refractivity contribution in [3.05, 3.63) is 18.0 Å². The van der Waals surface area contributed by atoms with Gasteiger partial charge in [0, 0.05) is 25.8 Å². The summed E-state index contributed by atoms with van der Waals surface area (Å²) in [7, 11) is 0. The first-order chi connectivity index (χ1) is 9.81. The highest BCUT2D eigenvalue weighted by Gasteiger charge is 2.20. The Kier molecular flexibility index (Phi) is 4.51. The molecule has 1 atom stereocenters. The molecule has 1 aliphatic heterocycles. The minimum absolute atomic E-state index is 0.300. The molecule has 1 unspecified atom stereocenters. The topological polar surface area (TPSA) is 44.1 Å².